The molecule has 0 radical (unpaired) electrons. The second-order valence-corrected chi connectivity index (χ2v) is 13.0. The predicted octanol–water partition coefficient (Wildman–Crippen LogP) is 2.41. The van der Waals surface area contributed by atoms with Crippen LogP contribution in [0.2, 0.25) is 0 Å². The first-order valence-electron chi connectivity index (χ1n) is 4.51. The van der Waals surface area contributed by atoms with Gasteiger partial charge in [0.2, 0.25) is 0 Å². The van der Waals surface area contributed by atoms with Crippen molar-refractivity contribution in [2.75, 3.05) is 0 Å². The van der Waals surface area contributed by atoms with Crippen molar-refractivity contribution < 1.29 is 0 Å². The van der Waals surface area contributed by atoms with Crippen LogP contribution in [0.5, 0.6) is 0 Å². The van der Waals surface area contributed by atoms with Gasteiger partial charge in [-0.15, -0.1) is 23.0 Å². The van der Waals surface area contributed by atoms with Crippen molar-refractivity contribution in [3.05, 3.63) is 5.82 Å². The first-order valence-corrected chi connectivity index (χ1v) is 11.2. The summed E-state index contributed by atoms with van der Waals surface area (Å²) in [5, 5.41) is 11.9. The number of fused-ring (bicyclic) bond motifs is 1. The summed E-state index contributed by atoms with van der Waals surface area (Å²) in [6.45, 7) is 2.31. The molecular formula is C6H14N4P4. The van der Waals surface area contributed by atoms with Gasteiger partial charge < -0.3 is 0 Å². The fourth-order valence-electron chi connectivity index (χ4n) is 1.80. The molecule has 0 bridgehead atoms. The molecule has 2 rings (SSSR count). The number of hydrogen-bond donors (Lipinski definition) is 0. The molecule has 4 unspecified atom stereocenters. The quantitative estimate of drug-likeness (QED) is 0.772. The summed E-state index contributed by atoms with van der Waals surface area (Å²) >= 11 is 0. The minimum Gasteiger partial charge on any atom is -0.221 e. The molecule has 1 aromatic heterocycles. The lowest BCUT2D eigenvalue weighted by Gasteiger charge is -2.32. The van der Waals surface area contributed by atoms with Gasteiger partial charge in [-0.2, -0.15) is 0 Å². The lowest BCUT2D eigenvalue weighted by molar-refractivity contribution is 0.352. The van der Waals surface area contributed by atoms with Crippen LogP contribution in [0.15, 0.2) is 0 Å². The van der Waals surface area contributed by atoms with E-state index in [1.54, 1.807) is 0 Å². The lowest BCUT2D eigenvalue weighted by atomic mass is 10.0. The van der Waals surface area contributed by atoms with E-state index < -0.39 is 0 Å². The minimum atomic E-state index is -0.0689. The van der Waals surface area contributed by atoms with E-state index in [1.807, 2.05) is 4.68 Å². The molecule has 1 aliphatic heterocycles. The van der Waals surface area contributed by atoms with Crippen LogP contribution in [0.1, 0.15) is 25.0 Å². The molecule has 1 aromatic rings. The van der Waals surface area contributed by atoms with Crippen molar-refractivity contribution in [2.24, 2.45) is 5.92 Å². The molecule has 2 heterocycles. The zero-order valence-corrected chi connectivity index (χ0v) is 12.2. The summed E-state index contributed by atoms with van der Waals surface area (Å²) in [6.07, 6.45) is 2.24. The summed E-state index contributed by atoms with van der Waals surface area (Å²) in [4.78, 5) is 0. The zero-order valence-electron chi connectivity index (χ0n) is 7.96. The first kappa shape index (κ1) is 11.3. The standard InChI is InChI=1S/C6H14N4P4/c1-4-2-3-5-7-8-9-10(5)6(4)14(12)13-11/h4,6,13H,2-3,11-12H2,1H3/t4-,6-,14?/m0/s1. The van der Waals surface area contributed by atoms with E-state index in [9.17, 15) is 0 Å². The van der Waals surface area contributed by atoms with Crippen molar-refractivity contribution >= 4 is 33.1 Å². The fraction of sp³-hybridized carbons (Fsp3) is 0.833. The maximum Gasteiger partial charge on any atom is 0.152 e. The van der Waals surface area contributed by atoms with Crippen LogP contribution in [0.4, 0.5) is 0 Å². The number of aryl methyl sites for hydroxylation is 1. The Kier molecular flexibility index (Phi) is 3.83. The van der Waals surface area contributed by atoms with E-state index >= 15 is 0 Å². The van der Waals surface area contributed by atoms with Gasteiger partial charge in [-0.1, -0.05) is 14.9 Å². The number of rotatable bonds is 2. The van der Waals surface area contributed by atoms with E-state index in [0.29, 0.717) is 11.7 Å². The molecule has 0 spiro atoms. The third-order valence-electron chi connectivity index (χ3n) is 2.58. The molecule has 0 fully saturated rings. The molecular weight excluding hydrogens is 252 g/mol. The molecule has 6 atom stereocenters. The van der Waals surface area contributed by atoms with Gasteiger partial charge in [-0.3, -0.25) is 0 Å². The highest BCUT2D eigenvalue weighted by molar-refractivity contribution is 8.61. The molecule has 4 nitrogen and oxygen atoms in total. The average molecular weight is 266 g/mol. The van der Waals surface area contributed by atoms with Crippen LogP contribution in [0.3, 0.4) is 0 Å². The van der Waals surface area contributed by atoms with Crippen molar-refractivity contribution in [2.45, 2.75) is 25.5 Å². The second kappa shape index (κ2) is 4.75. The molecule has 0 N–H and O–H groups in total. The largest absolute Gasteiger partial charge is 0.221 e. The van der Waals surface area contributed by atoms with Gasteiger partial charge in [0.15, 0.2) is 5.82 Å². The lowest BCUT2D eigenvalue weighted by Crippen LogP contribution is -2.23. The SMILES string of the molecule is C[C@H]1CCc2nnnn2[C@H]1P(P)PP. The third-order valence-corrected chi connectivity index (χ3v) is 13.5. The van der Waals surface area contributed by atoms with Crippen LogP contribution in [-0.2, 0) is 6.42 Å². The molecule has 0 aromatic carbocycles. The van der Waals surface area contributed by atoms with Crippen molar-refractivity contribution in [3.63, 3.8) is 0 Å². The molecule has 0 aliphatic carbocycles. The summed E-state index contributed by atoms with van der Waals surface area (Å²) in [5.74, 6) is 2.28. The first-order chi connectivity index (χ1) is 6.74. The van der Waals surface area contributed by atoms with E-state index in [2.05, 4.69) is 40.3 Å². The van der Waals surface area contributed by atoms with E-state index in [0.717, 1.165) is 20.2 Å². The molecule has 0 saturated carbocycles. The zero-order chi connectivity index (χ0) is 10.1. The predicted molar refractivity (Wildman–Crippen MR) is 69.0 cm³/mol. The number of tetrazole rings is 1. The fourth-order valence-corrected chi connectivity index (χ4v) is 7.25. The van der Waals surface area contributed by atoms with Crippen LogP contribution in [0.25, 0.3) is 0 Å². The topological polar surface area (TPSA) is 43.6 Å². The van der Waals surface area contributed by atoms with Gasteiger partial charge in [0, 0.05) is 6.42 Å². The number of hydrogen-bond acceptors (Lipinski definition) is 3. The Morgan fingerprint density at radius 1 is 1.64 bits per heavy atom. The Balaban J connectivity index is 2.31. The molecule has 0 saturated heterocycles. The van der Waals surface area contributed by atoms with Gasteiger partial charge >= 0.3 is 0 Å². The van der Waals surface area contributed by atoms with Gasteiger partial charge in [-0.25, -0.2) is 4.68 Å². The molecule has 1 aliphatic rings. The van der Waals surface area contributed by atoms with Crippen LogP contribution < -0.4 is 0 Å². The van der Waals surface area contributed by atoms with E-state index in [1.165, 1.54) is 6.42 Å². The van der Waals surface area contributed by atoms with Gasteiger partial charge in [0.05, 0.1) is 5.78 Å². The highest BCUT2D eigenvalue weighted by Gasteiger charge is 2.31. The Labute approximate surface area is 91.0 Å². The maximum atomic E-state index is 4.11. The Hall–Kier alpha value is 0.790. The molecule has 14 heavy (non-hydrogen) atoms. The van der Waals surface area contributed by atoms with Gasteiger partial charge in [0.25, 0.3) is 0 Å². The highest BCUT2D eigenvalue weighted by atomic mass is 32.6. The number of nitrogens with zero attached hydrogens (tertiary/aromatic N) is 4. The Morgan fingerprint density at radius 2 is 2.43 bits per heavy atom. The number of aromatic nitrogens is 4. The van der Waals surface area contributed by atoms with Crippen LogP contribution in [-0.4, -0.2) is 20.2 Å². The smallest absolute Gasteiger partial charge is 0.152 e. The molecule has 8 heteroatoms. The Bertz CT molecular complexity index is 317. The van der Waals surface area contributed by atoms with Gasteiger partial charge in [0.1, 0.15) is 0 Å². The monoisotopic (exact) mass is 266 g/mol. The second-order valence-electron chi connectivity index (χ2n) is 3.51. The highest BCUT2D eigenvalue weighted by Crippen LogP contribution is 2.74. The average Bonchev–Trinajstić information content (AvgIpc) is 2.64. The van der Waals surface area contributed by atoms with Crippen LogP contribution in [0, 0.1) is 5.92 Å². The van der Waals surface area contributed by atoms with E-state index in [4.69, 9.17) is 0 Å². The van der Waals surface area contributed by atoms with E-state index in [-0.39, 0.29) is 7.30 Å². The summed E-state index contributed by atoms with van der Waals surface area (Å²) in [7, 11) is 6.66. The summed E-state index contributed by atoms with van der Waals surface area (Å²) in [5.41, 5.74) is 0. The van der Waals surface area contributed by atoms with Gasteiger partial charge in [-0.05, 0) is 30.1 Å². The molecule has 78 valence electrons. The Morgan fingerprint density at radius 3 is 3.14 bits per heavy atom. The normalized spacial score (nSPS) is 29.4. The summed E-state index contributed by atoms with van der Waals surface area (Å²) in [6, 6.07) is 0. The van der Waals surface area contributed by atoms with Crippen molar-refractivity contribution in [1.29, 1.82) is 0 Å². The minimum absolute atomic E-state index is 0.0689. The molecule has 0 amide bonds. The van der Waals surface area contributed by atoms with Crippen LogP contribution >= 0.6 is 33.1 Å². The van der Waals surface area contributed by atoms with Crippen molar-refractivity contribution in [3.8, 4) is 0 Å². The maximum absolute atomic E-state index is 4.11. The van der Waals surface area contributed by atoms with Crippen molar-refractivity contribution in [1.82, 2.24) is 20.2 Å². The summed E-state index contributed by atoms with van der Waals surface area (Å²) < 4.78 is 2.05. The third kappa shape index (κ3) is 2.00.